The Balaban J connectivity index is 1.83. The summed E-state index contributed by atoms with van der Waals surface area (Å²) in [6, 6.07) is 19.2. The van der Waals surface area contributed by atoms with Gasteiger partial charge in [0.1, 0.15) is 11.5 Å². The lowest BCUT2D eigenvalue weighted by Crippen LogP contribution is -1.93. The van der Waals surface area contributed by atoms with E-state index < -0.39 is 0 Å². The molecule has 5 heteroatoms. The zero-order valence-electron chi connectivity index (χ0n) is 13.5. The number of benzene rings is 2. The zero-order chi connectivity index (χ0) is 17.2. The Kier molecular flexibility index (Phi) is 4.04. The molecule has 0 unspecified atom stereocenters. The topological polar surface area (TPSA) is 51.8 Å². The lowest BCUT2D eigenvalue weighted by atomic mass is 10.0. The van der Waals surface area contributed by atoms with Crippen LogP contribution in [0.5, 0.6) is 0 Å². The molecule has 4 aromatic rings. The molecule has 0 spiro atoms. The largest absolute Gasteiger partial charge is 0.360 e. The van der Waals surface area contributed by atoms with Crippen molar-refractivity contribution >= 4 is 11.6 Å². The normalized spacial score (nSPS) is 10.8. The Morgan fingerprint density at radius 2 is 1.64 bits per heavy atom. The van der Waals surface area contributed by atoms with Gasteiger partial charge in [0, 0.05) is 22.3 Å². The van der Waals surface area contributed by atoms with Crippen molar-refractivity contribution < 1.29 is 4.52 Å². The molecule has 0 atom stereocenters. The first-order chi connectivity index (χ1) is 12.2. The van der Waals surface area contributed by atoms with Crippen LogP contribution in [0.15, 0.2) is 71.4 Å². The summed E-state index contributed by atoms with van der Waals surface area (Å²) in [5, 5.41) is 4.91. The highest BCUT2D eigenvalue weighted by atomic mass is 35.5. The lowest BCUT2D eigenvalue weighted by Gasteiger charge is -2.05. The van der Waals surface area contributed by atoms with Crippen molar-refractivity contribution in [3.63, 3.8) is 0 Å². The summed E-state index contributed by atoms with van der Waals surface area (Å²) in [5.41, 5.74) is 4.32. The fourth-order valence-electron chi connectivity index (χ4n) is 2.70. The molecule has 2 aromatic carbocycles. The fraction of sp³-hybridized carbons (Fsp3) is 0.0500. The van der Waals surface area contributed by atoms with E-state index in [-0.39, 0.29) is 0 Å². The van der Waals surface area contributed by atoms with E-state index in [4.69, 9.17) is 21.1 Å². The maximum absolute atomic E-state index is 5.96. The predicted octanol–water partition coefficient (Wildman–Crippen LogP) is 5.43. The minimum Gasteiger partial charge on any atom is -0.360 e. The van der Waals surface area contributed by atoms with Crippen LogP contribution < -0.4 is 0 Å². The molecule has 0 aliphatic carbocycles. The van der Waals surface area contributed by atoms with Gasteiger partial charge in [-0.25, -0.2) is 9.97 Å². The van der Waals surface area contributed by atoms with E-state index in [1.165, 1.54) is 0 Å². The van der Waals surface area contributed by atoms with Crippen molar-refractivity contribution in [2.75, 3.05) is 0 Å². The van der Waals surface area contributed by atoms with Crippen LogP contribution in [0.2, 0.25) is 5.02 Å². The average Bonchev–Trinajstić information content (AvgIpc) is 3.05. The molecule has 0 saturated heterocycles. The highest BCUT2D eigenvalue weighted by Crippen LogP contribution is 2.33. The molecule has 0 aliphatic rings. The van der Waals surface area contributed by atoms with E-state index in [0.29, 0.717) is 10.8 Å². The Morgan fingerprint density at radius 3 is 2.40 bits per heavy atom. The third-order valence-electron chi connectivity index (χ3n) is 3.92. The highest BCUT2D eigenvalue weighted by molar-refractivity contribution is 6.30. The fourth-order valence-corrected chi connectivity index (χ4v) is 2.83. The van der Waals surface area contributed by atoms with Crippen LogP contribution in [0, 0.1) is 6.92 Å². The minimum absolute atomic E-state index is 0.633. The molecule has 0 radical (unpaired) electrons. The standard InChI is InChI=1S/C20H14ClN3O/c1-13-18(19(24-25-13)14-5-3-2-4-6-14)17-11-12-22-20(23-17)15-7-9-16(21)10-8-15/h2-12H,1H3. The Morgan fingerprint density at radius 1 is 0.880 bits per heavy atom. The van der Waals surface area contributed by atoms with E-state index >= 15 is 0 Å². The third-order valence-corrected chi connectivity index (χ3v) is 4.18. The molecule has 0 bridgehead atoms. The summed E-state index contributed by atoms with van der Waals surface area (Å²) in [6.07, 6.45) is 1.74. The molecule has 0 aliphatic heterocycles. The summed E-state index contributed by atoms with van der Waals surface area (Å²) >= 11 is 5.96. The number of nitrogens with zero attached hydrogens (tertiary/aromatic N) is 3. The molecule has 0 amide bonds. The second-order valence-electron chi connectivity index (χ2n) is 5.60. The van der Waals surface area contributed by atoms with Crippen molar-refractivity contribution in [3.05, 3.63) is 77.6 Å². The molecule has 4 nitrogen and oxygen atoms in total. The average molecular weight is 348 g/mol. The summed E-state index contributed by atoms with van der Waals surface area (Å²) in [6.45, 7) is 1.89. The first-order valence-electron chi connectivity index (χ1n) is 7.83. The smallest absolute Gasteiger partial charge is 0.159 e. The molecular weight excluding hydrogens is 334 g/mol. The van der Waals surface area contributed by atoms with Crippen LogP contribution in [0.4, 0.5) is 0 Å². The van der Waals surface area contributed by atoms with Crippen molar-refractivity contribution in [2.45, 2.75) is 6.92 Å². The summed E-state index contributed by atoms with van der Waals surface area (Å²) in [7, 11) is 0. The maximum atomic E-state index is 5.96. The van der Waals surface area contributed by atoms with Gasteiger partial charge in [0.15, 0.2) is 5.82 Å². The van der Waals surface area contributed by atoms with Crippen LogP contribution in [-0.2, 0) is 0 Å². The molecule has 4 rings (SSSR count). The van der Waals surface area contributed by atoms with Gasteiger partial charge in [-0.05, 0) is 37.3 Å². The van der Waals surface area contributed by atoms with Crippen molar-refractivity contribution in [2.24, 2.45) is 0 Å². The number of hydrogen-bond donors (Lipinski definition) is 0. The van der Waals surface area contributed by atoms with E-state index in [1.54, 1.807) is 6.20 Å². The minimum atomic E-state index is 0.633. The number of hydrogen-bond acceptors (Lipinski definition) is 4. The monoisotopic (exact) mass is 347 g/mol. The Labute approximate surface area is 150 Å². The highest BCUT2D eigenvalue weighted by Gasteiger charge is 2.18. The van der Waals surface area contributed by atoms with Gasteiger partial charge in [0.2, 0.25) is 0 Å². The van der Waals surface area contributed by atoms with Gasteiger partial charge in [0.25, 0.3) is 0 Å². The van der Waals surface area contributed by atoms with Crippen LogP contribution in [0.25, 0.3) is 33.9 Å². The van der Waals surface area contributed by atoms with Crippen molar-refractivity contribution in [1.29, 1.82) is 0 Å². The lowest BCUT2D eigenvalue weighted by molar-refractivity contribution is 0.400. The van der Waals surface area contributed by atoms with Gasteiger partial charge in [-0.15, -0.1) is 0 Å². The molecule has 2 aromatic heterocycles. The second-order valence-corrected chi connectivity index (χ2v) is 6.04. The van der Waals surface area contributed by atoms with E-state index in [1.807, 2.05) is 67.6 Å². The van der Waals surface area contributed by atoms with Crippen molar-refractivity contribution in [1.82, 2.24) is 15.1 Å². The van der Waals surface area contributed by atoms with Gasteiger partial charge in [0.05, 0.1) is 11.3 Å². The van der Waals surface area contributed by atoms with E-state index in [0.717, 1.165) is 33.8 Å². The summed E-state index contributed by atoms with van der Waals surface area (Å²) < 4.78 is 5.44. The van der Waals surface area contributed by atoms with Gasteiger partial charge in [-0.1, -0.05) is 47.1 Å². The van der Waals surface area contributed by atoms with Crippen LogP contribution >= 0.6 is 11.6 Å². The number of rotatable bonds is 3. The van der Waals surface area contributed by atoms with Crippen molar-refractivity contribution in [3.8, 4) is 33.9 Å². The zero-order valence-corrected chi connectivity index (χ0v) is 14.2. The maximum Gasteiger partial charge on any atom is 0.159 e. The summed E-state index contributed by atoms with van der Waals surface area (Å²) in [5.74, 6) is 1.35. The third kappa shape index (κ3) is 3.04. The molecule has 0 saturated carbocycles. The molecule has 2 heterocycles. The van der Waals surface area contributed by atoms with E-state index in [9.17, 15) is 0 Å². The van der Waals surface area contributed by atoms with E-state index in [2.05, 4.69) is 10.1 Å². The van der Waals surface area contributed by atoms with Gasteiger partial charge >= 0.3 is 0 Å². The Bertz CT molecular complexity index is 1010. The molecule has 0 fully saturated rings. The molecule has 25 heavy (non-hydrogen) atoms. The molecule has 0 N–H and O–H groups in total. The molecular formula is C20H14ClN3O. The van der Waals surface area contributed by atoms with Gasteiger partial charge in [-0.2, -0.15) is 0 Å². The molecule has 122 valence electrons. The number of aryl methyl sites for hydroxylation is 1. The Hall–Kier alpha value is -2.98. The first-order valence-corrected chi connectivity index (χ1v) is 8.21. The second kappa shape index (κ2) is 6.49. The number of aromatic nitrogens is 3. The summed E-state index contributed by atoms with van der Waals surface area (Å²) in [4.78, 5) is 9.08. The van der Waals surface area contributed by atoms with Crippen LogP contribution in [-0.4, -0.2) is 15.1 Å². The van der Waals surface area contributed by atoms with Gasteiger partial charge < -0.3 is 4.52 Å². The van der Waals surface area contributed by atoms with Gasteiger partial charge in [-0.3, -0.25) is 0 Å². The van der Waals surface area contributed by atoms with Crippen LogP contribution in [0.1, 0.15) is 5.76 Å². The van der Waals surface area contributed by atoms with Crippen LogP contribution in [0.3, 0.4) is 0 Å². The quantitative estimate of drug-likeness (QED) is 0.496. The number of halogens is 1. The predicted molar refractivity (Wildman–Crippen MR) is 98.1 cm³/mol. The SMILES string of the molecule is Cc1onc(-c2ccccc2)c1-c1ccnc(-c2ccc(Cl)cc2)n1. The first kappa shape index (κ1) is 15.5.